The fourth-order valence-electron chi connectivity index (χ4n) is 5.01. The number of rotatable bonds is 4. The van der Waals surface area contributed by atoms with Crippen molar-refractivity contribution in [3.05, 3.63) is 58.9 Å². The first kappa shape index (κ1) is 19.9. The average Bonchev–Trinajstić information content (AvgIpc) is 2.73. The molecule has 29 heavy (non-hydrogen) atoms. The van der Waals surface area contributed by atoms with Crippen LogP contribution in [0.25, 0.3) is 0 Å². The zero-order chi connectivity index (χ0) is 20.4. The van der Waals surface area contributed by atoms with Crippen LogP contribution < -0.4 is 5.32 Å². The van der Waals surface area contributed by atoms with Crippen molar-refractivity contribution in [3.8, 4) is 0 Å². The molecule has 0 amide bonds. The Morgan fingerprint density at radius 3 is 2.52 bits per heavy atom. The molecule has 1 N–H and O–H groups in total. The van der Waals surface area contributed by atoms with Crippen LogP contribution in [0.4, 0.5) is 0 Å². The van der Waals surface area contributed by atoms with Gasteiger partial charge in [0, 0.05) is 29.3 Å². The first-order valence-corrected chi connectivity index (χ1v) is 11.1. The molecule has 1 aromatic carbocycles. The molecular formula is C25H31NO3. The minimum absolute atomic E-state index is 0.00963. The van der Waals surface area contributed by atoms with Crippen molar-refractivity contribution in [2.75, 3.05) is 0 Å². The van der Waals surface area contributed by atoms with Gasteiger partial charge in [-0.15, -0.1) is 0 Å². The maximum absolute atomic E-state index is 13.3. The van der Waals surface area contributed by atoms with E-state index in [4.69, 9.17) is 4.74 Å². The number of allylic oxidation sites excluding steroid dienone is 2. The molecule has 0 spiro atoms. The largest absolute Gasteiger partial charge is 0.462 e. The van der Waals surface area contributed by atoms with Gasteiger partial charge in [-0.25, -0.2) is 0 Å². The summed E-state index contributed by atoms with van der Waals surface area (Å²) in [6.07, 6.45) is 8.45. The molecule has 0 radical (unpaired) electrons. The van der Waals surface area contributed by atoms with Crippen molar-refractivity contribution in [2.45, 2.75) is 76.7 Å². The number of Topliss-reactive ketones (excluding diaryl/α,β-unsaturated/α-hetero) is 1. The summed E-state index contributed by atoms with van der Waals surface area (Å²) in [6.45, 7) is 6.30. The van der Waals surface area contributed by atoms with Crippen LogP contribution in [0, 0.1) is 5.92 Å². The molecule has 2 aliphatic carbocycles. The van der Waals surface area contributed by atoms with Crippen molar-refractivity contribution in [1.29, 1.82) is 0 Å². The summed E-state index contributed by atoms with van der Waals surface area (Å²) in [7, 11) is 0. The van der Waals surface area contributed by atoms with Crippen LogP contribution in [-0.4, -0.2) is 17.9 Å². The van der Waals surface area contributed by atoms with E-state index in [0.717, 1.165) is 61.8 Å². The smallest absolute Gasteiger partial charge is 0.316 e. The molecule has 3 aliphatic rings. The van der Waals surface area contributed by atoms with Crippen LogP contribution in [-0.2, 0) is 20.7 Å². The molecular weight excluding hydrogens is 362 g/mol. The minimum atomic E-state index is -0.565. The second-order valence-corrected chi connectivity index (χ2v) is 8.57. The van der Waals surface area contributed by atoms with Crippen LogP contribution in [0.2, 0.25) is 0 Å². The third kappa shape index (κ3) is 4.03. The molecule has 1 fully saturated rings. The number of carbonyl (C=O) groups excluding carboxylic acids is 2. The number of ether oxygens (including phenoxy) is 1. The summed E-state index contributed by atoms with van der Waals surface area (Å²) >= 11 is 0. The number of nitrogens with one attached hydrogen (secondary N) is 1. The molecule has 2 unspecified atom stereocenters. The van der Waals surface area contributed by atoms with Gasteiger partial charge in [0.2, 0.25) is 0 Å². The van der Waals surface area contributed by atoms with Crippen molar-refractivity contribution < 1.29 is 14.3 Å². The third-order valence-electron chi connectivity index (χ3n) is 6.62. The number of hydrogen-bond donors (Lipinski definition) is 1. The summed E-state index contributed by atoms with van der Waals surface area (Å²) in [5.41, 5.74) is 4.60. The van der Waals surface area contributed by atoms with E-state index in [2.05, 4.69) is 43.1 Å². The van der Waals surface area contributed by atoms with Gasteiger partial charge in [-0.05, 0) is 56.1 Å². The molecule has 0 aromatic heterocycles. The minimum Gasteiger partial charge on any atom is -0.462 e. The van der Waals surface area contributed by atoms with E-state index in [9.17, 15) is 9.59 Å². The highest BCUT2D eigenvalue weighted by Crippen LogP contribution is 2.44. The Morgan fingerprint density at radius 1 is 1.10 bits per heavy atom. The van der Waals surface area contributed by atoms with E-state index in [-0.39, 0.29) is 23.8 Å². The molecule has 0 saturated heterocycles. The predicted octanol–water partition coefficient (Wildman–Crippen LogP) is 4.95. The van der Waals surface area contributed by atoms with Gasteiger partial charge in [-0.2, -0.15) is 0 Å². The van der Waals surface area contributed by atoms with Crippen LogP contribution >= 0.6 is 0 Å². The first-order chi connectivity index (χ1) is 14.1. The predicted molar refractivity (Wildman–Crippen MR) is 113 cm³/mol. The van der Waals surface area contributed by atoms with Gasteiger partial charge >= 0.3 is 5.97 Å². The molecule has 1 aliphatic heterocycles. The second kappa shape index (κ2) is 8.56. The number of hydrogen-bond acceptors (Lipinski definition) is 4. The molecule has 0 bridgehead atoms. The summed E-state index contributed by atoms with van der Waals surface area (Å²) < 4.78 is 5.94. The topological polar surface area (TPSA) is 55.4 Å². The van der Waals surface area contributed by atoms with Crippen molar-refractivity contribution in [3.63, 3.8) is 0 Å². The second-order valence-electron chi connectivity index (χ2n) is 8.57. The fraction of sp³-hybridized carbons (Fsp3) is 0.520. The van der Waals surface area contributed by atoms with E-state index in [0.29, 0.717) is 12.1 Å². The van der Waals surface area contributed by atoms with Gasteiger partial charge in [-0.3, -0.25) is 9.59 Å². The Labute approximate surface area is 173 Å². The lowest BCUT2D eigenvalue weighted by molar-refractivity contribution is -0.155. The van der Waals surface area contributed by atoms with E-state index >= 15 is 0 Å². The van der Waals surface area contributed by atoms with Crippen molar-refractivity contribution >= 4 is 11.8 Å². The van der Waals surface area contributed by atoms with Gasteiger partial charge in [0.05, 0.1) is 0 Å². The molecule has 1 saturated carbocycles. The number of esters is 1. The van der Waals surface area contributed by atoms with Crippen LogP contribution in [0.1, 0.15) is 75.3 Å². The van der Waals surface area contributed by atoms with E-state index in [1.165, 1.54) is 12.0 Å². The lowest BCUT2D eigenvalue weighted by Crippen LogP contribution is -2.42. The van der Waals surface area contributed by atoms with E-state index in [1.54, 1.807) is 0 Å². The summed E-state index contributed by atoms with van der Waals surface area (Å²) in [5.74, 6) is -0.978. The van der Waals surface area contributed by atoms with Crippen LogP contribution in [0.5, 0.6) is 0 Å². The fourth-order valence-corrected chi connectivity index (χ4v) is 5.01. The van der Waals surface area contributed by atoms with Crippen LogP contribution in [0.3, 0.4) is 0 Å². The van der Waals surface area contributed by atoms with Crippen LogP contribution in [0.15, 0.2) is 47.8 Å². The van der Waals surface area contributed by atoms with E-state index < -0.39 is 5.92 Å². The van der Waals surface area contributed by atoms with Gasteiger partial charge in [0.15, 0.2) is 5.78 Å². The molecule has 154 valence electrons. The van der Waals surface area contributed by atoms with Crippen molar-refractivity contribution in [1.82, 2.24) is 5.32 Å². The highest BCUT2D eigenvalue weighted by Gasteiger charge is 2.44. The Balaban J connectivity index is 1.70. The molecule has 4 rings (SSSR count). The van der Waals surface area contributed by atoms with Gasteiger partial charge in [0.1, 0.15) is 12.0 Å². The molecule has 4 nitrogen and oxygen atoms in total. The number of aryl methyl sites for hydroxylation is 1. The lowest BCUT2D eigenvalue weighted by atomic mass is 9.71. The standard InChI is InChI=1S/C25H31NO3/c1-3-17-12-14-18(15-13-17)23-22(25(28)29-19-8-5-4-6-9-19)16(2)26-20-10-7-11-21(27)24(20)23/h12-15,19,22-23,26H,2-11H2,1H3. The molecule has 4 heteroatoms. The monoisotopic (exact) mass is 393 g/mol. The quantitative estimate of drug-likeness (QED) is 0.736. The first-order valence-electron chi connectivity index (χ1n) is 11.1. The SMILES string of the molecule is C=C1NC2=C(C(=O)CCC2)C(c2ccc(CC)cc2)C1C(=O)OC1CCCCC1. The van der Waals surface area contributed by atoms with Gasteiger partial charge < -0.3 is 10.1 Å². The van der Waals surface area contributed by atoms with E-state index in [1.807, 2.05) is 0 Å². The average molecular weight is 394 g/mol. The Kier molecular flexibility index (Phi) is 5.89. The van der Waals surface area contributed by atoms with Crippen molar-refractivity contribution in [2.24, 2.45) is 5.92 Å². The summed E-state index contributed by atoms with van der Waals surface area (Å²) in [6, 6.07) is 8.32. The highest BCUT2D eigenvalue weighted by molar-refractivity contribution is 6.00. The zero-order valence-corrected chi connectivity index (χ0v) is 17.3. The normalized spacial score (nSPS) is 25.4. The summed E-state index contributed by atoms with van der Waals surface area (Å²) in [5, 5.41) is 3.30. The lowest BCUT2D eigenvalue weighted by Gasteiger charge is -2.39. The molecule has 1 aromatic rings. The number of carbonyl (C=O) groups is 2. The Bertz CT molecular complexity index is 830. The van der Waals surface area contributed by atoms with Gasteiger partial charge in [0.25, 0.3) is 0 Å². The maximum Gasteiger partial charge on any atom is 0.316 e. The molecule has 1 heterocycles. The summed E-state index contributed by atoms with van der Waals surface area (Å²) in [4.78, 5) is 26.2. The Hall–Kier alpha value is -2.36. The third-order valence-corrected chi connectivity index (χ3v) is 6.62. The van der Waals surface area contributed by atoms with Gasteiger partial charge in [-0.1, -0.05) is 44.2 Å². The Morgan fingerprint density at radius 2 is 1.83 bits per heavy atom. The zero-order valence-electron chi connectivity index (χ0n) is 17.3. The maximum atomic E-state index is 13.3. The molecule has 2 atom stereocenters. The number of ketones is 1. The number of benzene rings is 1. The highest BCUT2D eigenvalue weighted by atomic mass is 16.5.